The molecule has 2 aromatic carbocycles. The zero-order valence-electron chi connectivity index (χ0n) is 17.4. The molecule has 2 aromatic rings. The van der Waals surface area contributed by atoms with E-state index in [9.17, 15) is 4.79 Å². The highest BCUT2D eigenvalue weighted by Gasteiger charge is 2.22. The fraction of sp³-hybridized carbons (Fsp3) is 0.458. The normalized spacial score (nSPS) is 15.3. The molecular weight excluding hydrogens is 350 g/mol. The second kappa shape index (κ2) is 9.13. The zero-order chi connectivity index (χ0) is 20.1. The monoisotopic (exact) mass is 381 g/mol. The molecule has 0 aliphatic heterocycles. The van der Waals surface area contributed by atoms with Crippen molar-refractivity contribution in [1.29, 1.82) is 0 Å². The van der Waals surface area contributed by atoms with Crippen molar-refractivity contribution in [3.8, 4) is 11.5 Å². The predicted molar refractivity (Wildman–Crippen MR) is 112 cm³/mol. The van der Waals surface area contributed by atoms with Gasteiger partial charge in [0.2, 0.25) is 0 Å². The molecule has 1 aliphatic carbocycles. The highest BCUT2D eigenvalue weighted by molar-refractivity contribution is 5.81. The Kier molecular flexibility index (Phi) is 6.61. The Balaban J connectivity index is 1.68. The minimum atomic E-state index is -0.540. The minimum absolute atomic E-state index is 0.0483. The third-order valence-corrected chi connectivity index (χ3v) is 5.57. The number of aryl methyl sites for hydroxylation is 2. The lowest BCUT2D eigenvalue weighted by Crippen LogP contribution is -2.38. The number of benzene rings is 2. The molecule has 0 radical (unpaired) electrons. The summed E-state index contributed by atoms with van der Waals surface area (Å²) in [5.74, 6) is 1.62. The predicted octanol–water partition coefficient (Wildman–Crippen LogP) is 4.92. The van der Waals surface area contributed by atoms with E-state index in [1.54, 1.807) is 7.11 Å². The first-order valence-corrected chi connectivity index (χ1v) is 10.3. The molecule has 28 heavy (non-hydrogen) atoms. The summed E-state index contributed by atoms with van der Waals surface area (Å²) in [4.78, 5) is 12.8. The fourth-order valence-electron chi connectivity index (χ4n) is 3.93. The van der Waals surface area contributed by atoms with Crippen LogP contribution in [0.4, 0.5) is 0 Å². The molecule has 1 N–H and O–H groups in total. The van der Waals surface area contributed by atoms with Crippen LogP contribution < -0.4 is 14.8 Å². The van der Waals surface area contributed by atoms with E-state index < -0.39 is 6.10 Å². The maximum Gasteiger partial charge on any atom is 0.261 e. The summed E-state index contributed by atoms with van der Waals surface area (Å²) < 4.78 is 11.4. The SMILES string of the molecule is CC[C@@H](NC(=O)[C@@H](C)Oc1cccc2c1CCCC2)c1ccc(OC)c(C)c1. The van der Waals surface area contributed by atoms with Crippen LogP contribution in [0.2, 0.25) is 0 Å². The van der Waals surface area contributed by atoms with Crippen molar-refractivity contribution in [2.24, 2.45) is 0 Å². The fourth-order valence-corrected chi connectivity index (χ4v) is 3.93. The van der Waals surface area contributed by atoms with Crippen molar-refractivity contribution in [3.63, 3.8) is 0 Å². The molecule has 1 amide bonds. The number of hydrogen-bond acceptors (Lipinski definition) is 3. The topological polar surface area (TPSA) is 47.6 Å². The number of carbonyl (C=O) groups excluding carboxylic acids is 1. The van der Waals surface area contributed by atoms with Gasteiger partial charge in [0.1, 0.15) is 11.5 Å². The third kappa shape index (κ3) is 4.49. The smallest absolute Gasteiger partial charge is 0.261 e. The molecular formula is C24H31NO3. The van der Waals surface area contributed by atoms with Crippen molar-refractivity contribution in [2.75, 3.05) is 7.11 Å². The third-order valence-electron chi connectivity index (χ3n) is 5.57. The highest BCUT2D eigenvalue weighted by atomic mass is 16.5. The summed E-state index contributed by atoms with van der Waals surface area (Å²) in [5, 5.41) is 3.14. The molecule has 0 aromatic heterocycles. The summed E-state index contributed by atoms with van der Waals surface area (Å²) in [6.45, 7) is 5.91. The second-order valence-electron chi connectivity index (χ2n) is 7.56. The number of carbonyl (C=O) groups is 1. The average molecular weight is 382 g/mol. The minimum Gasteiger partial charge on any atom is -0.496 e. The first-order valence-electron chi connectivity index (χ1n) is 10.3. The van der Waals surface area contributed by atoms with E-state index in [0.717, 1.165) is 41.9 Å². The molecule has 0 unspecified atom stereocenters. The van der Waals surface area contributed by atoms with Gasteiger partial charge in [-0.3, -0.25) is 4.79 Å². The Morgan fingerprint density at radius 3 is 2.64 bits per heavy atom. The lowest BCUT2D eigenvalue weighted by Gasteiger charge is -2.24. The van der Waals surface area contributed by atoms with Crippen LogP contribution in [-0.4, -0.2) is 19.1 Å². The molecule has 150 valence electrons. The molecule has 1 aliphatic rings. The van der Waals surface area contributed by atoms with Gasteiger partial charge in [-0.05, 0) is 80.3 Å². The summed E-state index contributed by atoms with van der Waals surface area (Å²) >= 11 is 0. The van der Waals surface area contributed by atoms with Gasteiger partial charge in [0, 0.05) is 0 Å². The lowest BCUT2D eigenvalue weighted by atomic mass is 9.91. The van der Waals surface area contributed by atoms with E-state index in [0.29, 0.717) is 0 Å². The lowest BCUT2D eigenvalue weighted by molar-refractivity contribution is -0.128. The average Bonchev–Trinajstić information content (AvgIpc) is 2.72. The number of methoxy groups -OCH3 is 1. The highest BCUT2D eigenvalue weighted by Crippen LogP contribution is 2.30. The van der Waals surface area contributed by atoms with E-state index in [1.165, 1.54) is 24.0 Å². The van der Waals surface area contributed by atoms with E-state index >= 15 is 0 Å². The summed E-state index contributed by atoms with van der Waals surface area (Å²) in [6, 6.07) is 12.2. The Bertz CT molecular complexity index is 831. The van der Waals surface area contributed by atoms with E-state index in [-0.39, 0.29) is 11.9 Å². The molecule has 0 bridgehead atoms. The van der Waals surface area contributed by atoms with E-state index in [2.05, 4.69) is 24.4 Å². The molecule has 0 heterocycles. The Labute approximate surface area is 168 Å². The van der Waals surface area contributed by atoms with Crippen LogP contribution in [0.1, 0.15) is 61.4 Å². The van der Waals surface area contributed by atoms with Crippen LogP contribution in [0, 0.1) is 6.92 Å². The van der Waals surface area contributed by atoms with Gasteiger partial charge in [0.05, 0.1) is 13.2 Å². The standard InChI is InChI=1S/C24H31NO3/c1-5-21(19-13-14-22(27-4)16(2)15-19)25-24(26)17(3)28-23-12-8-10-18-9-6-7-11-20(18)23/h8,10,12-15,17,21H,5-7,9,11H2,1-4H3,(H,25,26)/t17-,21-/m1/s1. The van der Waals surface area contributed by atoms with Crippen LogP contribution in [0.15, 0.2) is 36.4 Å². The van der Waals surface area contributed by atoms with Gasteiger partial charge in [-0.2, -0.15) is 0 Å². The van der Waals surface area contributed by atoms with Gasteiger partial charge in [-0.1, -0.05) is 31.2 Å². The molecule has 4 nitrogen and oxygen atoms in total. The second-order valence-corrected chi connectivity index (χ2v) is 7.56. The first-order chi connectivity index (χ1) is 13.5. The molecule has 0 saturated carbocycles. The molecule has 4 heteroatoms. The number of fused-ring (bicyclic) bond motifs is 1. The largest absolute Gasteiger partial charge is 0.496 e. The molecule has 2 atom stereocenters. The summed E-state index contributed by atoms with van der Waals surface area (Å²) in [7, 11) is 1.67. The van der Waals surface area contributed by atoms with Gasteiger partial charge in [0.25, 0.3) is 5.91 Å². The molecule has 3 rings (SSSR count). The van der Waals surface area contributed by atoms with Gasteiger partial charge >= 0.3 is 0 Å². The van der Waals surface area contributed by atoms with Crippen molar-refractivity contribution in [2.45, 2.75) is 65.0 Å². The number of rotatable bonds is 7. The number of nitrogens with one attached hydrogen (secondary N) is 1. The van der Waals surface area contributed by atoms with Crippen LogP contribution in [-0.2, 0) is 17.6 Å². The number of amides is 1. The Morgan fingerprint density at radius 2 is 1.93 bits per heavy atom. The van der Waals surface area contributed by atoms with Crippen LogP contribution in [0.25, 0.3) is 0 Å². The van der Waals surface area contributed by atoms with Gasteiger partial charge < -0.3 is 14.8 Å². The molecule has 0 fully saturated rings. The summed E-state index contributed by atoms with van der Waals surface area (Å²) in [6.07, 6.45) is 4.81. The van der Waals surface area contributed by atoms with E-state index in [1.807, 2.05) is 38.1 Å². The molecule has 0 spiro atoms. The van der Waals surface area contributed by atoms with Crippen molar-refractivity contribution < 1.29 is 14.3 Å². The van der Waals surface area contributed by atoms with Crippen LogP contribution >= 0.6 is 0 Å². The van der Waals surface area contributed by atoms with Gasteiger partial charge in [0.15, 0.2) is 6.10 Å². The van der Waals surface area contributed by atoms with E-state index in [4.69, 9.17) is 9.47 Å². The van der Waals surface area contributed by atoms with Crippen LogP contribution in [0.5, 0.6) is 11.5 Å². The first kappa shape index (κ1) is 20.2. The Hall–Kier alpha value is -2.49. The van der Waals surface area contributed by atoms with Crippen LogP contribution in [0.3, 0.4) is 0 Å². The van der Waals surface area contributed by atoms with Crippen molar-refractivity contribution in [1.82, 2.24) is 5.32 Å². The maximum absolute atomic E-state index is 12.8. The number of ether oxygens (including phenoxy) is 2. The van der Waals surface area contributed by atoms with Gasteiger partial charge in [-0.25, -0.2) is 0 Å². The molecule has 0 saturated heterocycles. The summed E-state index contributed by atoms with van der Waals surface area (Å²) in [5.41, 5.74) is 4.77. The van der Waals surface area contributed by atoms with Crippen molar-refractivity contribution in [3.05, 3.63) is 58.7 Å². The number of hydrogen-bond donors (Lipinski definition) is 1. The maximum atomic E-state index is 12.8. The Morgan fingerprint density at radius 1 is 1.14 bits per heavy atom. The van der Waals surface area contributed by atoms with Gasteiger partial charge in [-0.15, -0.1) is 0 Å². The van der Waals surface area contributed by atoms with Crippen molar-refractivity contribution >= 4 is 5.91 Å². The quantitative estimate of drug-likeness (QED) is 0.741. The zero-order valence-corrected chi connectivity index (χ0v) is 17.4.